The van der Waals surface area contributed by atoms with Crippen LogP contribution in [0.2, 0.25) is 0 Å². The lowest BCUT2D eigenvalue weighted by atomic mass is 10.0. The predicted octanol–water partition coefficient (Wildman–Crippen LogP) is -1.74. The third-order valence-electron chi connectivity index (χ3n) is 4.05. The fraction of sp³-hybridized carbons (Fsp3) is 0.667. The number of carbonyl (C=O) groups excluding carboxylic acids is 3. The smallest absolute Gasteiger partial charge is 0.326 e. The molecule has 0 aromatic heterocycles. The van der Waals surface area contributed by atoms with Crippen LogP contribution in [-0.2, 0) is 28.8 Å². The lowest BCUT2D eigenvalue weighted by Gasteiger charge is -2.21. The van der Waals surface area contributed by atoms with Gasteiger partial charge in [0.2, 0.25) is 17.7 Å². The molecule has 0 radical (unpaired) electrons. The van der Waals surface area contributed by atoms with Crippen LogP contribution in [0.4, 0.5) is 0 Å². The Hall–Kier alpha value is -3.22. The minimum absolute atomic E-state index is 0.155. The zero-order valence-corrected chi connectivity index (χ0v) is 17.4. The number of hydrogen-bond donors (Lipinski definition) is 7. The van der Waals surface area contributed by atoms with Crippen LogP contribution < -0.4 is 21.7 Å². The first-order valence-electron chi connectivity index (χ1n) is 9.62. The summed E-state index contributed by atoms with van der Waals surface area (Å²) in [5.41, 5.74) is 5.70. The molecule has 3 amide bonds. The molecule has 0 aliphatic rings. The van der Waals surface area contributed by atoms with E-state index in [0.29, 0.717) is 6.42 Å². The van der Waals surface area contributed by atoms with Crippen molar-refractivity contribution in [2.75, 3.05) is 6.54 Å². The second kappa shape index (κ2) is 13.9. The number of rotatable bonds is 15. The van der Waals surface area contributed by atoms with Crippen molar-refractivity contribution in [1.29, 1.82) is 0 Å². The van der Waals surface area contributed by atoms with E-state index in [1.807, 2.05) is 13.8 Å². The average molecular weight is 446 g/mol. The zero-order chi connectivity index (χ0) is 24.1. The van der Waals surface area contributed by atoms with E-state index in [1.165, 1.54) is 0 Å². The van der Waals surface area contributed by atoms with Crippen LogP contribution in [-0.4, -0.2) is 75.6 Å². The standard InChI is InChI=1S/C18H30N4O9/c1-9(2)7-10(19)16(28)20-8-13(23)21-11(3-5-14(24)25)17(29)22-12(18(30)31)4-6-15(26)27/h9-12H,3-8,19H2,1-2H3,(H,20,28)(H,21,23)(H,22,29)(H,24,25)(H,26,27)(H,30,31). The molecule has 0 spiro atoms. The lowest BCUT2D eigenvalue weighted by Crippen LogP contribution is -2.54. The van der Waals surface area contributed by atoms with Gasteiger partial charge in [-0.3, -0.25) is 24.0 Å². The van der Waals surface area contributed by atoms with Crippen molar-refractivity contribution in [1.82, 2.24) is 16.0 Å². The third-order valence-corrected chi connectivity index (χ3v) is 4.05. The van der Waals surface area contributed by atoms with Crippen LogP contribution in [0.25, 0.3) is 0 Å². The number of aliphatic carboxylic acids is 3. The molecule has 8 N–H and O–H groups in total. The summed E-state index contributed by atoms with van der Waals surface area (Å²) < 4.78 is 0. The Bertz CT molecular complexity index is 681. The average Bonchev–Trinajstić information content (AvgIpc) is 2.64. The van der Waals surface area contributed by atoms with Crippen molar-refractivity contribution in [2.24, 2.45) is 11.7 Å². The monoisotopic (exact) mass is 446 g/mol. The second-order valence-electron chi connectivity index (χ2n) is 7.34. The molecular formula is C18H30N4O9. The molecule has 31 heavy (non-hydrogen) atoms. The van der Waals surface area contributed by atoms with Crippen molar-refractivity contribution >= 4 is 35.6 Å². The highest BCUT2D eigenvalue weighted by Gasteiger charge is 2.27. The SMILES string of the molecule is CC(C)CC(N)C(=O)NCC(=O)NC(CCC(=O)O)C(=O)NC(CCC(=O)O)C(=O)O. The van der Waals surface area contributed by atoms with Gasteiger partial charge in [-0.25, -0.2) is 4.79 Å². The normalized spacial score (nSPS) is 13.5. The van der Waals surface area contributed by atoms with Gasteiger partial charge in [0.05, 0.1) is 12.6 Å². The highest BCUT2D eigenvalue weighted by molar-refractivity contribution is 5.92. The van der Waals surface area contributed by atoms with Crippen molar-refractivity contribution in [3.63, 3.8) is 0 Å². The Morgan fingerprint density at radius 1 is 0.806 bits per heavy atom. The van der Waals surface area contributed by atoms with E-state index in [4.69, 9.17) is 21.1 Å². The number of hydrogen-bond acceptors (Lipinski definition) is 7. The van der Waals surface area contributed by atoms with Gasteiger partial charge in [0.1, 0.15) is 12.1 Å². The van der Waals surface area contributed by atoms with Gasteiger partial charge in [0, 0.05) is 12.8 Å². The predicted molar refractivity (Wildman–Crippen MR) is 106 cm³/mol. The Kier molecular flexibility index (Phi) is 12.5. The summed E-state index contributed by atoms with van der Waals surface area (Å²) in [5.74, 6) is -6.21. The summed E-state index contributed by atoms with van der Waals surface area (Å²) in [6, 6.07) is -3.78. The summed E-state index contributed by atoms with van der Waals surface area (Å²) >= 11 is 0. The maximum Gasteiger partial charge on any atom is 0.326 e. The topological polar surface area (TPSA) is 225 Å². The maximum absolute atomic E-state index is 12.4. The maximum atomic E-state index is 12.4. The Labute approximate surface area is 178 Å². The van der Waals surface area contributed by atoms with E-state index < -0.39 is 79.6 Å². The highest BCUT2D eigenvalue weighted by Crippen LogP contribution is 2.04. The molecule has 3 unspecified atom stereocenters. The molecule has 0 aliphatic carbocycles. The highest BCUT2D eigenvalue weighted by atomic mass is 16.4. The van der Waals surface area contributed by atoms with Crippen LogP contribution in [0, 0.1) is 5.92 Å². The number of carbonyl (C=O) groups is 6. The van der Waals surface area contributed by atoms with Gasteiger partial charge >= 0.3 is 17.9 Å². The third kappa shape index (κ3) is 12.8. The second-order valence-corrected chi connectivity index (χ2v) is 7.34. The number of nitrogens with two attached hydrogens (primary N) is 1. The van der Waals surface area contributed by atoms with Gasteiger partial charge < -0.3 is 37.0 Å². The summed E-state index contributed by atoms with van der Waals surface area (Å²) in [6.07, 6.45) is -1.38. The molecule has 0 rings (SSSR count). The molecule has 0 bridgehead atoms. The van der Waals surface area contributed by atoms with Crippen LogP contribution in [0.1, 0.15) is 46.0 Å². The van der Waals surface area contributed by atoms with Crippen LogP contribution >= 0.6 is 0 Å². The summed E-state index contributed by atoms with van der Waals surface area (Å²) in [7, 11) is 0. The number of amides is 3. The van der Waals surface area contributed by atoms with Gasteiger partial charge in [0.25, 0.3) is 0 Å². The van der Waals surface area contributed by atoms with Crippen LogP contribution in [0.3, 0.4) is 0 Å². The van der Waals surface area contributed by atoms with Crippen LogP contribution in [0.5, 0.6) is 0 Å². The summed E-state index contributed by atoms with van der Waals surface area (Å²) in [5, 5.41) is 33.3. The van der Waals surface area contributed by atoms with Crippen molar-refractivity contribution in [3.05, 3.63) is 0 Å². The minimum atomic E-state index is -1.54. The van der Waals surface area contributed by atoms with Crippen LogP contribution in [0.15, 0.2) is 0 Å². The van der Waals surface area contributed by atoms with Gasteiger partial charge in [-0.2, -0.15) is 0 Å². The molecule has 13 heteroatoms. The fourth-order valence-corrected chi connectivity index (χ4v) is 2.49. The first kappa shape index (κ1) is 27.8. The molecule has 0 fully saturated rings. The minimum Gasteiger partial charge on any atom is -0.481 e. The van der Waals surface area contributed by atoms with Gasteiger partial charge in [-0.1, -0.05) is 13.8 Å². The molecule has 0 aliphatic heterocycles. The number of carboxylic acids is 3. The molecule has 176 valence electrons. The largest absolute Gasteiger partial charge is 0.481 e. The molecule has 0 saturated heterocycles. The molecular weight excluding hydrogens is 416 g/mol. The van der Waals surface area contributed by atoms with Gasteiger partial charge in [0.15, 0.2) is 0 Å². The fourth-order valence-electron chi connectivity index (χ4n) is 2.49. The number of carboxylic acid groups (broad SMARTS) is 3. The zero-order valence-electron chi connectivity index (χ0n) is 17.4. The first-order chi connectivity index (χ1) is 14.3. The molecule has 0 heterocycles. The lowest BCUT2D eigenvalue weighted by molar-refractivity contribution is -0.144. The van der Waals surface area contributed by atoms with Crippen molar-refractivity contribution in [2.45, 2.75) is 64.1 Å². The van der Waals surface area contributed by atoms with Crippen molar-refractivity contribution < 1.29 is 44.1 Å². The molecule has 0 saturated carbocycles. The van der Waals surface area contributed by atoms with E-state index in [1.54, 1.807) is 0 Å². The molecule has 0 aromatic carbocycles. The van der Waals surface area contributed by atoms with E-state index >= 15 is 0 Å². The van der Waals surface area contributed by atoms with E-state index in [0.717, 1.165) is 0 Å². The van der Waals surface area contributed by atoms with E-state index in [2.05, 4.69) is 16.0 Å². The molecule has 13 nitrogen and oxygen atoms in total. The van der Waals surface area contributed by atoms with E-state index in [9.17, 15) is 28.8 Å². The first-order valence-corrected chi connectivity index (χ1v) is 9.62. The van der Waals surface area contributed by atoms with Gasteiger partial charge in [-0.05, 0) is 25.2 Å². The van der Waals surface area contributed by atoms with E-state index in [-0.39, 0.29) is 12.3 Å². The molecule has 0 aromatic rings. The Balaban J connectivity index is 4.99. The number of nitrogens with one attached hydrogen (secondary N) is 3. The Morgan fingerprint density at radius 3 is 1.77 bits per heavy atom. The summed E-state index contributed by atoms with van der Waals surface area (Å²) in [4.78, 5) is 69.0. The summed E-state index contributed by atoms with van der Waals surface area (Å²) in [6.45, 7) is 3.21. The van der Waals surface area contributed by atoms with Crippen molar-refractivity contribution in [3.8, 4) is 0 Å². The Morgan fingerprint density at radius 2 is 1.32 bits per heavy atom. The quantitative estimate of drug-likeness (QED) is 0.150. The molecule has 3 atom stereocenters. The van der Waals surface area contributed by atoms with Gasteiger partial charge in [-0.15, -0.1) is 0 Å².